The van der Waals surface area contributed by atoms with Crippen LogP contribution in [0.4, 0.5) is 0 Å². The fourth-order valence-corrected chi connectivity index (χ4v) is 1.77. The van der Waals surface area contributed by atoms with Crippen LogP contribution in [-0.4, -0.2) is 16.8 Å². The molecule has 0 unspecified atom stereocenters. The molecular weight excluding hydrogens is 291 g/mol. The van der Waals surface area contributed by atoms with E-state index >= 15 is 0 Å². The van der Waals surface area contributed by atoms with E-state index in [0.717, 1.165) is 12.4 Å². The van der Waals surface area contributed by atoms with Gasteiger partial charge >= 0.3 is 0 Å². The molecule has 0 N–H and O–H groups in total. The second kappa shape index (κ2) is 5.65. The second-order valence-electron chi connectivity index (χ2n) is 3.11. The summed E-state index contributed by atoms with van der Waals surface area (Å²) in [4.78, 5) is 0. The molecule has 1 aromatic carbocycles. The molecule has 1 rings (SSSR count). The van der Waals surface area contributed by atoms with E-state index in [2.05, 4.69) is 41.6 Å². The maximum Gasteiger partial charge on any atom is 0.120 e. The van der Waals surface area contributed by atoms with E-state index in [1.807, 2.05) is 6.07 Å². The molecule has 0 aliphatic heterocycles. The summed E-state index contributed by atoms with van der Waals surface area (Å²) in [6, 6.07) is 7.58. The van der Waals surface area contributed by atoms with Crippen molar-refractivity contribution in [3.05, 3.63) is 27.3 Å². The second-order valence-corrected chi connectivity index (χ2v) is 5.28. The molecule has 72 valence electrons. The molecule has 0 saturated carbocycles. The van der Waals surface area contributed by atoms with E-state index in [1.165, 1.54) is 31.8 Å². The highest BCUT2D eigenvalue weighted by molar-refractivity contribution is 14.1. The Morgan fingerprint density at radius 3 is 2.85 bits per heavy atom. The Bertz CT molecular complexity index is 276. The molecule has 1 nitrogen and oxygen atoms in total. The minimum absolute atomic E-state index is 0.864. The van der Waals surface area contributed by atoms with Crippen molar-refractivity contribution < 1.29 is 4.74 Å². The van der Waals surface area contributed by atoms with Crippen molar-refractivity contribution in [2.45, 2.75) is 19.4 Å². The zero-order chi connectivity index (χ0) is 9.68. The van der Waals surface area contributed by atoms with E-state index in [-0.39, 0.29) is 0 Å². The number of hydrogen-bond acceptors (Lipinski definition) is 1. The molecule has 0 radical (unpaired) electrons. The average Bonchev–Trinajstić information content (AvgIpc) is 2.12. The molecule has 0 aromatic heterocycles. The van der Waals surface area contributed by atoms with Gasteiger partial charge in [0.2, 0.25) is 0 Å². The first kappa shape index (κ1) is 11.0. The summed E-state index contributed by atoms with van der Waals surface area (Å²) in [6.45, 7) is 2.98. The molecule has 3 heteroatoms. The Hall–Kier alpha value is -0.0331. The van der Waals surface area contributed by atoms with Crippen LogP contribution in [0.3, 0.4) is 0 Å². The number of ether oxygens (including phenoxy) is 1. The van der Waals surface area contributed by atoms with Gasteiger partial charge in [-0.2, -0.15) is 0 Å². The van der Waals surface area contributed by atoms with Crippen LogP contribution in [0.1, 0.15) is 12.0 Å². The fourth-order valence-electron chi connectivity index (χ4n) is 0.998. The minimum Gasteiger partial charge on any atom is -0.494 e. The first-order valence-corrected chi connectivity index (χ1v) is 7.12. The van der Waals surface area contributed by atoms with E-state index in [4.69, 9.17) is 4.74 Å². The van der Waals surface area contributed by atoms with Crippen LogP contribution in [0.25, 0.3) is 0 Å². The van der Waals surface area contributed by atoms with Crippen LogP contribution >= 0.6 is 22.6 Å². The topological polar surface area (TPSA) is 9.23 Å². The molecule has 0 spiro atoms. The van der Waals surface area contributed by atoms with Gasteiger partial charge in [0.25, 0.3) is 0 Å². The van der Waals surface area contributed by atoms with Crippen molar-refractivity contribution in [2.75, 3.05) is 6.61 Å². The van der Waals surface area contributed by atoms with Crippen LogP contribution in [0.5, 0.6) is 5.75 Å². The highest BCUT2D eigenvalue weighted by Gasteiger charge is 1.97. The Labute approximate surface area is 96.4 Å². The highest BCUT2D eigenvalue weighted by Crippen LogP contribution is 2.18. The molecular formula is C10H15IOSi. The first-order chi connectivity index (χ1) is 6.24. The van der Waals surface area contributed by atoms with Gasteiger partial charge in [-0.15, -0.1) is 0 Å². The Morgan fingerprint density at radius 2 is 2.23 bits per heavy atom. The summed E-state index contributed by atoms with van der Waals surface area (Å²) in [7, 11) is 1.28. The Balaban J connectivity index is 2.53. The molecule has 0 aliphatic rings. The van der Waals surface area contributed by atoms with Crippen molar-refractivity contribution >= 4 is 32.8 Å². The van der Waals surface area contributed by atoms with Crippen molar-refractivity contribution in [1.82, 2.24) is 0 Å². The lowest BCUT2D eigenvalue weighted by molar-refractivity contribution is 0.317. The van der Waals surface area contributed by atoms with Gasteiger partial charge in [0.1, 0.15) is 5.75 Å². The number of benzene rings is 1. The SMILES string of the molecule is Cc1ccc(OCCC[SiH3])cc1I. The normalized spacial score (nSPS) is 10.3. The summed E-state index contributed by atoms with van der Waals surface area (Å²) < 4.78 is 6.88. The highest BCUT2D eigenvalue weighted by atomic mass is 127. The summed E-state index contributed by atoms with van der Waals surface area (Å²) in [5.74, 6) is 1.00. The lowest BCUT2D eigenvalue weighted by Gasteiger charge is -2.06. The van der Waals surface area contributed by atoms with Crippen molar-refractivity contribution in [3.8, 4) is 5.75 Å². The van der Waals surface area contributed by atoms with Gasteiger partial charge in [-0.25, -0.2) is 0 Å². The van der Waals surface area contributed by atoms with E-state index in [1.54, 1.807) is 0 Å². The lowest BCUT2D eigenvalue weighted by Crippen LogP contribution is -1.97. The predicted octanol–water partition coefficient (Wildman–Crippen LogP) is 2.15. The predicted molar refractivity (Wildman–Crippen MR) is 68.8 cm³/mol. The maximum atomic E-state index is 5.60. The zero-order valence-electron chi connectivity index (χ0n) is 8.14. The smallest absolute Gasteiger partial charge is 0.120 e. The molecule has 1 aromatic rings. The van der Waals surface area contributed by atoms with Crippen LogP contribution in [0, 0.1) is 10.5 Å². The number of halogens is 1. The first-order valence-electron chi connectivity index (χ1n) is 4.63. The molecule has 0 saturated heterocycles. The summed E-state index contributed by atoms with van der Waals surface area (Å²) >= 11 is 2.34. The minimum atomic E-state index is 0.864. The number of aryl methyl sites for hydroxylation is 1. The third-order valence-electron chi connectivity index (χ3n) is 1.91. The molecule has 0 amide bonds. The maximum absolute atomic E-state index is 5.60. The quantitative estimate of drug-likeness (QED) is 0.470. The van der Waals surface area contributed by atoms with Gasteiger partial charge in [0, 0.05) is 13.8 Å². The van der Waals surface area contributed by atoms with Crippen molar-refractivity contribution in [1.29, 1.82) is 0 Å². The molecule has 0 atom stereocenters. The van der Waals surface area contributed by atoms with Crippen LogP contribution in [0.15, 0.2) is 18.2 Å². The van der Waals surface area contributed by atoms with Crippen LogP contribution in [-0.2, 0) is 0 Å². The van der Waals surface area contributed by atoms with Gasteiger partial charge in [0.15, 0.2) is 0 Å². The molecule has 0 aliphatic carbocycles. The van der Waals surface area contributed by atoms with E-state index in [9.17, 15) is 0 Å². The van der Waals surface area contributed by atoms with E-state index in [0.29, 0.717) is 0 Å². The number of hydrogen-bond donors (Lipinski definition) is 0. The monoisotopic (exact) mass is 306 g/mol. The van der Waals surface area contributed by atoms with Crippen molar-refractivity contribution in [3.63, 3.8) is 0 Å². The van der Waals surface area contributed by atoms with Crippen LogP contribution < -0.4 is 4.74 Å². The van der Waals surface area contributed by atoms with Gasteiger partial charge in [-0.1, -0.05) is 12.1 Å². The molecule has 0 bridgehead atoms. The summed E-state index contributed by atoms with van der Waals surface area (Å²) in [5.41, 5.74) is 1.32. The molecule has 0 heterocycles. The largest absolute Gasteiger partial charge is 0.494 e. The Kier molecular flexibility index (Phi) is 4.80. The zero-order valence-corrected chi connectivity index (χ0v) is 12.3. The van der Waals surface area contributed by atoms with Gasteiger partial charge in [0.05, 0.1) is 6.61 Å². The number of rotatable bonds is 4. The third-order valence-corrected chi connectivity index (χ3v) is 3.78. The molecule has 13 heavy (non-hydrogen) atoms. The molecule has 0 fully saturated rings. The van der Waals surface area contributed by atoms with Crippen LogP contribution in [0.2, 0.25) is 6.04 Å². The van der Waals surface area contributed by atoms with E-state index < -0.39 is 0 Å². The lowest BCUT2D eigenvalue weighted by atomic mass is 10.2. The van der Waals surface area contributed by atoms with Crippen molar-refractivity contribution in [2.24, 2.45) is 0 Å². The van der Waals surface area contributed by atoms with Gasteiger partial charge < -0.3 is 4.74 Å². The summed E-state index contributed by atoms with van der Waals surface area (Å²) in [5, 5.41) is 0. The van der Waals surface area contributed by atoms with Gasteiger partial charge in [-0.05, 0) is 53.6 Å². The average molecular weight is 306 g/mol. The third kappa shape index (κ3) is 3.68. The Morgan fingerprint density at radius 1 is 1.46 bits per heavy atom. The summed E-state index contributed by atoms with van der Waals surface area (Å²) in [6.07, 6.45) is 1.19. The fraction of sp³-hybridized carbons (Fsp3) is 0.400. The van der Waals surface area contributed by atoms with Gasteiger partial charge in [-0.3, -0.25) is 0 Å². The standard InChI is InChI=1S/C10H15IOSi/c1-8-3-4-9(7-10(8)11)12-5-2-6-13/h3-4,7H,2,5-6H2,1,13H3.